The summed E-state index contributed by atoms with van der Waals surface area (Å²) in [7, 11) is 0. The molecule has 2 heteroatoms. The first-order valence-electron chi connectivity index (χ1n) is 7.47. The highest BCUT2D eigenvalue weighted by Gasteiger charge is 2.13. The Morgan fingerprint density at radius 1 is 0.826 bits per heavy atom. The van der Waals surface area contributed by atoms with Crippen LogP contribution in [0.15, 0.2) is 78.9 Å². The van der Waals surface area contributed by atoms with Gasteiger partial charge < -0.3 is 0 Å². The average molecular weight is 294 g/mol. The van der Waals surface area contributed by atoms with Crippen molar-refractivity contribution in [2.75, 3.05) is 0 Å². The molecule has 108 valence electrons. The van der Waals surface area contributed by atoms with Gasteiger partial charge in [-0.2, -0.15) is 0 Å². The fourth-order valence-corrected chi connectivity index (χ4v) is 2.81. The van der Waals surface area contributed by atoms with Gasteiger partial charge >= 0.3 is 0 Å². The number of nitrogens with zero attached hydrogens (tertiary/aromatic N) is 2. The lowest BCUT2D eigenvalue weighted by atomic mass is 10.1. The van der Waals surface area contributed by atoms with E-state index >= 15 is 0 Å². The van der Waals surface area contributed by atoms with Crippen molar-refractivity contribution in [1.82, 2.24) is 9.55 Å². The summed E-state index contributed by atoms with van der Waals surface area (Å²) < 4.78 is 2.17. The molecule has 4 aromatic rings. The zero-order valence-electron chi connectivity index (χ0n) is 12.5. The number of benzene rings is 3. The van der Waals surface area contributed by atoms with Crippen LogP contribution < -0.4 is 0 Å². The normalized spacial score (nSPS) is 10.6. The van der Waals surface area contributed by atoms with Crippen molar-refractivity contribution in [3.05, 3.63) is 84.4 Å². The molecule has 0 fully saturated rings. The molecule has 0 aliphatic carbocycles. The lowest BCUT2D eigenvalue weighted by molar-refractivity contribution is 1.10. The smallest absolute Gasteiger partial charge is 0.145 e. The van der Waals surface area contributed by atoms with Gasteiger partial charge in [0.05, 0.1) is 11.0 Å². The number of fused-ring (bicyclic) bond motifs is 1. The van der Waals surface area contributed by atoms with E-state index in [9.17, 15) is 0 Å². The maximum absolute atomic E-state index is 5.54. The number of aromatic nitrogens is 2. The molecule has 4 rings (SSSR count). The topological polar surface area (TPSA) is 17.8 Å². The van der Waals surface area contributed by atoms with Gasteiger partial charge in [-0.25, -0.2) is 4.98 Å². The third kappa shape index (κ3) is 2.29. The lowest BCUT2D eigenvalue weighted by Gasteiger charge is -2.09. The van der Waals surface area contributed by atoms with Gasteiger partial charge in [-0.3, -0.25) is 4.57 Å². The van der Waals surface area contributed by atoms with Crippen LogP contribution in [0.25, 0.3) is 28.1 Å². The average Bonchev–Trinajstić information content (AvgIpc) is 3.02. The molecule has 1 aromatic heterocycles. The third-order valence-corrected chi connectivity index (χ3v) is 3.86. The summed E-state index contributed by atoms with van der Waals surface area (Å²) in [6, 6.07) is 26.4. The Morgan fingerprint density at radius 3 is 2.43 bits per heavy atom. The van der Waals surface area contributed by atoms with Gasteiger partial charge in [0.15, 0.2) is 0 Å². The first kappa shape index (κ1) is 13.4. The van der Waals surface area contributed by atoms with E-state index in [4.69, 9.17) is 11.4 Å². The maximum atomic E-state index is 5.54. The second-order valence-corrected chi connectivity index (χ2v) is 5.32. The molecule has 2 nitrogen and oxygen atoms in total. The maximum Gasteiger partial charge on any atom is 0.145 e. The predicted octanol–water partition coefficient (Wildman–Crippen LogP) is 4.67. The predicted molar refractivity (Wildman–Crippen MR) is 94.4 cm³/mol. The Balaban J connectivity index is 2.05. The van der Waals surface area contributed by atoms with Crippen molar-refractivity contribution in [1.29, 1.82) is 0 Å². The molecule has 0 aliphatic rings. The lowest BCUT2D eigenvalue weighted by Crippen LogP contribution is -1.97. The van der Waals surface area contributed by atoms with Gasteiger partial charge in [-0.05, 0) is 36.4 Å². The number of imidazole rings is 1. The van der Waals surface area contributed by atoms with E-state index in [0.717, 1.165) is 33.7 Å². The van der Waals surface area contributed by atoms with Gasteiger partial charge in [-0.15, -0.1) is 6.42 Å². The Hall–Kier alpha value is -3.31. The summed E-state index contributed by atoms with van der Waals surface area (Å²) in [5.74, 6) is 3.59. The Labute approximate surface area is 135 Å². The van der Waals surface area contributed by atoms with Crippen LogP contribution in [0, 0.1) is 12.3 Å². The number of para-hydroxylation sites is 3. The molecule has 1 heterocycles. The van der Waals surface area contributed by atoms with Crippen molar-refractivity contribution >= 4 is 11.0 Å². The Bertz CT molecular complexity index is 1020. The molecule has 0 aliphatic heterocycles. The molecule has 0 saturated carbocycles. The highest BCUT2D eigenvalue weighted by Crippen LogP contribution is 2.28. The standard InChI is InChI=1S/C21H14N2/c1-2-16-9-8-10-17(15-16)21-22-19-13-6-7-14-20(19)23(21)18-11-4-3-5-12-18/h1,3-15H. The van der Waals surface area contributed by atoms with Crippen LogP contribution in [-0.4, -0.2) is 9.55 Å². The van der Waals surface area contributed by atoms with Crippen LogP contribution in [0.5, 0.6) is 0 Å². The summed E-state index contributed by atoms with van der Waals surface area (Å²) in [5, 5.41) is 0. The minimum Gasteiger partial charge on any atom is -0.292 e. The van der Waals surface area contributed by atoms with Crippen molar-refractivity contribution in [3.63, 3.8) is 0 Å². The first-order chi connectivity index (χ1) is 11.4. The van der Waals surface area contributed by atoms with Gasteiger partial charge in [0.1, 0.15) is 5.82 Å². The zero-order valence-corrected chi connectivity index (χ0v) is 12.5. The Kier molecular flexibility index (Phi) is 3.18. The van der Waals surface area contributed by atoms with E-state index in [0.29, 0.717) is 0 Å². The molecule has 0 bridgehead atoms. The fraction of sp³-hybridized carbons (Fsp3) is 0. The molecule has 3 aromatic carbocycles. The van der Waals surface area contributed by atoms with E-state index in [2.05, 4.69) is 28.7 Å². The molecular formula is C21H14N2. The highest BCUT2D eigenvalue weighted by atomic mass is 15.1. The first-order valence-corrected chi connectivity index (χ1v) is 7.47. The van der Waals surface area contributed by atoms with Crippen molar-refractivity contribution < 1.29 is 0 Å². The SMILES string of the molecule is C#Cc1cccc(-c2nc3ccccc3n2-c2ccccc2)c1. The van der Waals surface area contributed by atoms with E-state index < -0.39 is 0 Å². The summed E-state index contributed by atoms with van der Waals surface area (Å²) in [6.07, 6.45) is 5.54. The molecule has 0 radical (unpaired) electrons. The van der Waals surface area contributed by atoms with Crippen LogP contribution in [0.3, 0.4) is 0 Å². The van der Waals surface area contributed by atoms with Gasteiger partial charge in [0.2, 0.25) is 0 Å². The number of hydrogen-bond acceptors (Lipinski definition) is 1. The molecule has 0 unspecified atom stereocenters. The van der Waals surface area contributed by atoms with Crippen LogP contribution in [0.4, 0.5) is 0 Å². The summed E-state index contributed by atoms with van der Waals surface area (Å²) >= 11 is 0. The van der Waals surface area contributed by atoms with E-state index in [1.54, 1.807) is 0 Å². The highest BCUT2D eigenvalue weighted by molar-refractivity contribution is 5.83. The summed E-state index contributed by atoms with van der Waals surface area (Å²) in [5.41, 5.74) is 5.01. The monoisotopic (exact) mass is 294 g/mol. The molecule has 0 N–H and O–H groups in total. The largest absolute Gasteiger partial charge is 0.292 e. The van der Waals surface area contributed by atoms with E-state index in [-0.39, 0.29) is 0 Å². The molecule has 23 heavy (non-hydrogen) atoms. The van der Waals surface area contributed by atoms with E-state index in [1.807, 2.05) is 60.7 Å². The molecule has 0 saturated heterocycles. The molecule has 0 atom stereocenters. The fourth-order valence-electron chi connectivity index (χ4n) is 2.81. The zero-order chi connectivity index (χ0) is 15.6. The van der Waals surface area contributed by atoms with Gasteiger partial charge in [0.25, 0.3) is 0 Å². The van der Waals surface area contributed by atoms with Crippen molar-refractivity contribution in [2.24, 2.45) is 0 Å². The van der Waals surface area contributed by atoms with Crippen LogP contribution in [-0.2, 0) is 0 Å². The second-order valence-electron chi connectivity index (χ2n) is 5.32. The van der Waals surface area contributed by atoms with Crippen LogP contribution >= 0.6 is 0 Å². The quantitative estimate of drug-likeness (QED) is 0.491. The third-order valence-electron chi connectivity index (χ3n) is 3.86. The van der Waals surface area contributed by atoms with Gasteiger partial charge in [-0.1, -0.05) is 48.4 Å². The van der Waals surface area contributed by atoms with Crippen LogP contribution in [0.2, 0.25) is 0 Å². The summed E-state index contributed by atoms with van der Waals surface area (Å²) in [4.78, 5) is 4.83. The second kappa shape index (κ2) is 5.47. The van der Waals surface area contributed by atoms with E-state index in [1.165, 1.54) is 0 Å². The summed E-state index contributed by atoms with van der Waals surface area (Å²) in [6.45, 7) is 0. The van der Waals surface area contributed by atoms with Crippen molar-refractivity contribution in [2.45, 2.75) is 0 Å². The minimum absolute atomic E-state index is 0.856. The molecule has 0 amide bonds. The minimum atomic E-state index is 0.856. The Morgan fingerprint density at radius 2 is 1.61 bits per heavy atom. The van der Waals surface area contributed by atoms with Gasteiger partial charge in [0, 0.05) is 16.8 Å². The number of hydrogen-bond donors (Lipinski definition) is 0. The molecular weight excluding hydrogens is 280 g/mol. The van der Waals surface area contributed by atoms with Crippen LogP contribution in [0.1, 0.15) is 5.56 Å². The molecule has 0 spiro atoms. The number of terminal acetylenes is 1. The number of rotatable bonds is 2. The van der Waals surface area contributed by atoms with Crippen molar-refractivity contribution in [3.8, 4) is 29.4 Å².